The molecular formula is C18H19ClN2. The van der Waals surface area contributed by atoms with E-state index >= 15 is 0 Å². The van der Waals surface area contributed by atoms with Crippen LogP contribution in [0.3, 0.4) is 0 Å². The first kappa shape index (κ1) is 13.3. The number of aromatic nitrogens is 2. The van der Waals surface area contributed by atoms with Crippen molar-refractivity contribution >= 4 is 11.6 Å². The Balaban J connectivity index is 1.79. The fraction of sp³-hybridized carbons (Fsp3) is 0.444. The van der Waals surface area contributed by atoms with Crippen molar-refractivity contribution in [1.29, 1.82) is 0 Å². The van der Waals surface area contributed by atoms with E-state index in [9.17, 15) is 0 Å². The molecule has 4 rings (SSSR count). The average Bonchev–Trinajstić information content (AvgIpc) is 2.54. The normalized spacial score (nSPS) is 20.7. The van der Waals surface area contributed by atoms with Crippen molar-refractivity contribution in [1.82, 2.24) is 9.97 Å². The third-order valence-electron chi connectivity index (χ3n) is 4.83. The summed E-state index contributed by atoms with van der Waals surface area (Å²) in [5.74, 6) is 1.26. The number of halogens is 1. The number of hydrogen-bond donors (Lipinski definition) is 0. The highest BCUT2D eigenvalue weighted by Crippen LogP contribution is 2.36. The first-order valence-electron chi connectivity index (χ1n) is 7.96. The molecule has 0 bridgehead atoms. The van der Waals surface area contributed by atoms with Crippen LogP contribution in [0.4, 0.5) is 0 Å². The van der Waals surface area contributed by atoms with Crippen molar-refractivity contribution in [3.8, 4) is 0 Å². The highest BCUT2D eigenvalue weighted by atomic mass is 35.5. The molecule has 1 heterocycles. The lowest BCUT2D eigenvalue weighted by molar-refractivity contribution is 0.577. The van der Waals surface area contributed by atoms with Crippen LogP contribution in [0.2, 0.25) is 5.15 Å². The molecule has 0 radical (unpaired) electrons. The van der Waals surface area contributed by atoms with Gasteiger partial charge in [-0.25, -0.2) is 9.97 Å². The lowest BCUT2D eigenvalue weighted by atomic mass is 9.82. The summed E-state index contributed by atoms with van der Waals surface area (Å²) in [6.07, 6.45) is 8.04. The maximum absolute atomic E-state index is 6.44. The number of benzene rings is 1. The molecule has 2 nitrogen and oxygen atoms in total. The second-order valence-electron chi connectivity index (χ2n) is 6.15. The highest BCUT2D eigenvalue weighted by Gasteiger charge is 2.26. The number of fused-ring (bicyclic) bond motifs is 2. The summed E-state index contributed by atoms with van der Waals surface area (Å²) in [7, 11) is 0. The molecule has 3 heteroatoms. The van der Waals surface area contributed by atoms with E-state index in [2.05, 4.69) is 29.2 Å². The highest BCUT2D eigenvalue weighted by molar-refractivity contribution is 6.30. The Morgan fingerprint density at radius 3 is 2.76 bits per heavy atom. The predicted molar refractivity (Wildman–Crippen MR) is 84.9 cm³/mol. The maximum Gasteiger partial charge on any atom is 0.137 e. The van der Waals surface area contributed by atoms with E-state index in [0.29, 0.717) is 11.1 Å². The van der Waals surface area contributed by atoms with E-state index in [4.69, 9.17) is 16.6 Å². The first-order chi connectivity index (χ1) is 10.3. The molecule has 108 valence electrons. The fourth-order valence-corrected chi connectivity index (χ4v) is 4.03. The fourth-order valence-electron chi connectivity index (χ4n) is 3.74. The van der Waals surface area contributed by atoms with Crippen LogP contribution in [-0.4, -0.2) is 9.97 Å². The third-order valence-corrected chi connectivity index (χ3v) is 5.14. The summed E-state index contributed by atoms with van der Waals surface area (Å²) < 4.78 is 0. The van der Waals surface area contributed by atoms with Gasteiger partial charge in [-0.05, 0) is 56.1 Å². The van der Waals surface area contributed by atoms with Crippen LogP contribution in [0.1, 0.15) is 59.8 Å². The van der Waals surface area contributed by atoms with Gasteiger partial charge in [-0.2, -0.15) is 0 Å². The zero-order chi connectivity index (χ0) is 14.2. The topological polar surface area (TPSA) is 25.8 Å². The Morgan fingerprint density at radius 1 is 0.952 bits per heavy atom. The lowest BCUT2D eigenvalue weighted by Crippen LogP contribution is -2.17. The van der Waals surface area contributed by atoms with E-state index in [1.165, 1.54) is 48.1 Å². The summed E-state index contributed by atoms with van der Waals surface area (Å²) in [6.45, 7) is 0. The number of nitrogens with zero attached hydrogens (tertiary/aromatic N) is 2. The molecule has 21 heavy (non-hydrogen) atoms. The van der Waals surface area contributed by atoms with Crippen molar-refractivity contribution in [2.24, 2.45) is 0 Å². The average molecular weight is 299 g/mol. The van der Waals surface area contributed by atoms with Crippen LogP contribution in [0, 0.1) is 0 Å². The van der Waals surface area contributed by atoms with Crippen LogP contribution in [0.15, 0.2) is 24.3 Å². The third kappa shape index (κ3) is 2.36. The van der Waals surface area contributed by atoms with Crippen molar-refractivity contribution in [2.75, 3.05) is 0 Å². The Bertz CT molecular complexity index is 681. The minimum Gasteiger partial charge on any atom is -0.237 e. The molecule has 1 aromatic heterocycles. The quantitative estimate of drug-likeness (QED) is 0.726. The Kier molecular flexibility index (Phi) is 3.42. The molecule has 1 unspecified atom stereocenters. The van der Waals surface area contributed by atoms with Crippen LogP contribution in [-0.2, 0) is 19.3 Å². The van der Waals surface area contributed by atoms with Crippen molar-refractivity contribution in [3.63, 3.8) is 0 Å². The first-order valence-corrected chi connectivity index (χ1v) is 8.33. The van der Waals surface area contributed by atoms with Gasteiger partial charge in [-0.3, -0.25) is 0 Å². The largest absolute Gasteiger partial charge is 0.237 e. The van der Waals surface area contributed by atoms with Crippen molar-refractivity contribution < 1.29 is 0 Å². The minimum absolute atomic E-state index is 0.319. The van der Waals surface area contributed by atoms with Gasteiger partial charge in [0.1, 0.15) is 11.0 Å². The van der Waals surface area contributed by atoms with E-state index < -0.39 is 0 Å². The van der Waals surface area contributed by atoms with E-state index in [-0.39, 0.29) is 0 Å². The van der Waals surface area contributed by atoms with Crippen LogP contribution in [0.25, 0.3) is 0 Å². The zero-order valence-corrected chi connectivity index (χ0v) is 12.9. The molecule has 2 aromatic rings. The molecule has 0 saturated heterocycles. The Morgan fingerprint density at radius 2 is 1.81 bits per heavy atom. The van der Waals surface area contributed by atoms with E-state index in [1.807, 2.05) is 0 Å². The summed E-state index contributed by atoms with van der Waals surface area (Å²) in [6, 6.07) is 8.72. The van der Waals surface area contributed by atoms with Crippen molar-refractivity contribution in [3.05, 3.63) is 57.6 Å². The number of hydrogen-bond acceptors (Lipinski definition) is 2. The summed E-state index contributed by atoms with van der Waals surface area (Å²) in [5.41, 5.74) is 5.23. The molecule has 0 fully saturated rings. The van der Waals surface area contributed by atoms with E-state index in [1.54, 1.807) is 0 Å². The second-order valence-corrected chi connectivity index (χ2v) is 6.51. The molecule has 0 saturated carbocycles. The van der Waals surface area contributed by atoms with Crippen LogP contribution in [0.5, 0.6) is 0 Å². The molecule has 0 spiro atoms. The molecule has 0 aliphatic heterocycles. The predicted octanol–water partition coefficient (Wildman–Crippen LogP) is 4.48. The van der Waals surface area contributed by atoms with Crippen molar-refractivity contribution in [2.45, 2.75) is 50.9 Å². The van der Waals surface area contributed by atoms with Crippen LogP contribution >= 0.6 is 11.6 Å². The monoisotopic (exact) mass is 298 g/mol. The van der Waals surface area contributed by atoms with Gasteiger partial charge < -0.3 is 0 Å². The Hall–Kier alpha value is -1.41. The molecule has 1 aromatic carbocycles. The summed E-state index contributed by atoms with van der Waals surface area (Å²) in [5, 5.41) is 0.692. The number of rotatable bonds is 1. The molecule has 1 atom stereocenters. The van der Waals surface area contributed by atoms with Gasteiger partial charge in [0.05, 0.1) is 0 Å². The second kappa shape index (κ2) is 5.42. The molecule has 2 aliphatic carbocycles. The van der Waals surface area contributed by atoms with Gasteiger partial charge >= 0.3 is 0 Å². The summed E-state index contributed by atoms with van der Waals surface area (Å²) in [4.78, 5) is 9.56. The lowest BCUT2D eigenvalue weighted by Gasteiger charge is -2.26. The van der Waals surface area contributed by atoms with Gasteiger partial charge in [0.2, 0.25) is 0 Å². The van der Waals surface area contributed by atoms with Crippen LogP contribution < -0.4 is 0 Å². The van der Waals surface area contributed by atoms with Gasteiger partial charge in [-0.1, -0.05) is 35.9 Å². The Labute approximate surface area is 130 Å². The smallest absolute Gasteiger partial charge is 0.137 e. The molecule has 2 aliphatic rings. The van der Waals surface area contributed by atoms with Gasteiger partial charge in [0.25, 0.3) is 0 Å². The standard InChI is InChI=1S/C18H19ClN2/c19-17-15-9-3-4-11-16(15)20-18(21-17)14-10-5-7-12-6-1-2-8-13(12)14/h1-2,6,8,14H,3-5,7,9-11H2. The number of aryl methyl sites for hydroxylation is 2. The van der Waals surface area contributed by atoms with E-state index in [0.717, 1.165) is 25.1 Å². The molecule has 0 N–H and O–H groups in total. The van der Waals surface area contributed by atoms with Gasteiger partial charge in [0.15, 0.2) is 0 Å². The van der Waals surface area contributed by atoms with Gasteiger partial charge in [-0.15, -0.1) is 0 Å². The van der Waals surface area contributed by atoms with Gasteiger partial charge in [0, 0.05) is 17.2 Å². The molecular weight excluding hydrogens is 280 g/mol. The molecule has 0 amide bonds. The minimum atomic E-state index is 0.319. The zero-order valence-electron chi connectivity index (χ0n) is 12.1. The SMILES string of the molecule is Clc1nc(C2CCCc3ccccc32)nc2c1CCCC2. The summed E-state index contributed by atoms with van der Waals surface area (Å²) >= 11 is 6.44. The maximum atomic E-state index is 6.44.